The molecule has 3 aromatic rings. The van der Waals surface area contributed by atoms with E-state index in [0.717, 1.165) is 5.33 Å². The van der Waals surface area contributed by atoms with E-state index in [1.54, 1.807) is 0 Å². The second-order valence-corrected chi connectivity index (χ2v) is 8.83. The van der Waals surface area contributed by atoms with Crippen LogP contribution in [-0.4, -0.2) is 5.33 Å². The highest BCUT2D eigenvalue weighted by Crippen LogP contribution is 2.32. The van der Waals surface area contributed by atoms with Gasteiger partial charge in [0.2, 0.25) is 0 Å². The number of unbranched alkanes of at least 4 members (excludes halogenated alkanes) is 1. The lowest BCUT2D eigenvalue weighted by atomic mass is 10.1. The Kier molecular flexibility index (Phi) is 8.89. The molecule has 0 aliphatic carbocycles. The van der Waals surface area contributed by atoms with Gasteiger partial charge < -0.3 is 0 Å². The molecule has 0 unspecified atom stereocenters. The first-order valence-corrected chi connectivity index (χ1v) is 10.9. The molecule has 0 spiro atoms. The molecule has 0 aliphatic heterocycles. The number of hydrogen-bond acceptors (Lipinski definition) is 0. The fourth-order valence-corrected chi connectivity index (χ4v) is 5.52. The highest BCUT2D eigenvalue weighted by atomic mass is 79.9. The number of halogens is 2. The minimum absolute atomic E-state index is 0. The summed E-state index contributed by atoms with van der Waals surface area (Å²) in [7, 11) is -0.482. The Morgan fingerprint density at radius 3 is 1.56 bits per heavy atom. The van der Waals surface area contributed by atoms with Crippen molar-refractivity contribution in [3.05, 3.63) is 90.5 Å². The van der Waals surface area contributed by atoms with Gasteiger partial charge in [-0.15, -0.1) is 17.0 Å². The van der Waals surface area contributed by atoms with Gasteiger partial charge in [0, 0.05) is 5.33 Å². The second-order valence-electron chi connectivity index (χ2n) is 5.82. The molecule has 130 valence electrons. The molecule has 3 heteroatoms. The first-order chi connectivity index (χ1) is 11.9. The third kappa shape index (κ3) is 5.78. The lowest BCUT2D eigenvalue weighted by Crippen LogP contribution is -2.20. The van der Waals surface area contributed by atoms with Gasteiger partial charge in [0.1, 0.15) is 0 Å². The smallest absolute Gasteiger partial charge is 0.00314 e. The van der Waals surface area contributed by atoms with Crippen LogP contribution < -0.4 is 15.9 Å². The molecule has 0 aromatic heterocycles. The average molecular weight is 478 g/mol. The summed E-state index contributed by atoms with van der Waals surface area (Å²) >= 11 is 3.51. The van der Waals surface area contributed by atoms with Crippen LogP contribution in [0.2, 0.25) is 0 Å². The van der Waals surface area contributed by atoms with Crippen molar-refractivity contribution in [2.45, 2.75) is 19.3 Å². The average Bonchev–Trinajstić information content (AvgIpc) is 2.65. The normalized spacial score (nSPS) is 10.5. The van der Waals surface area contributed by atoms with Crippen molar-refractivity contribution in [2.24, 2.45) is 0 Å². The highest BCUT2D eigenvalue weighted by molar-refractivity contribution is 9.09. The van der Waals surface area contributed by atoms with Gasteiger partial charge in [0.25, 0.3) is 0 Å². The summed E-state index contributed by atoms with van der Waals surface area (Å²) in [4.78, 5) is 0. The molecular weight excluding hydrogens is 455 g/mol. The van der Waals surface area contributed by atoms with E-state index in [-0.39, 0.29) is 17.0 Å². The molecule has 0 fully saturated rings. The van der Waals surface area contributed by atoms with Crippen LogP contribution in [0.1, 0.15) is 18.4 Å². The Morgan fingerprint density at radius 2 is 1.08 bits per heavy atom. The van der Waals surface area contributed by atoms with E-state index >= 15 is 0 Å². The SMILES string of the molecule is Br.BrCCCCc1ccc(P(c2ccccc2)c2ccccc2)cc1. The van der Waals surface area contributed by atoms with Crippen molar-refractivity contribution in [3.63, 3.8) is 0 Å². The van der Waals surface area contributed by atoms with Crippen LogP contribution in [0.3, 0.4) is 0 Å². The Hall–Kier alpha value is -0.950. The summed E-state index contributed by atoms with van der Waals surface area (Å²) in [6.07, 6.45) is 3.65. The van der Waals surface area contributed by atoms with E-state index in [9.17, 15) is 0 Å². The van der Waals surface area contributed by atoms with E-state index in [4.69, 9.17) is 0 Å². The maximum atomic E-state index is 3.51. The quantitative estimate of drug-likeness (QED) is 0.231. The number of aryl methyl sites for hydroxylation is 1. The molecule has 0 heterocycles. The van der Waals surface area contributed by atoms with E-state index in [1.165, 1.54) is 40.7 Å². The summed E-state index contributed by atoms with van der Waals surface area (Å²) in [6.45, 7) is 0. The molecule has 3 rings (SSSR count). The fraction of sp³-hybridized carbons (Fsp3) is 0.182. The molecule has 25 heavy (non-hydrogen) atoms. The van der Waals surface area contributed by atoms with Crippen LogP contribution in [-0.2, 0) is 6.42 Å². The standard InChI is InChI=1S/C22H22BrP.BrH/c23-18-8-7-9-19-14-16-22(17-15-19)24(20-10-3-1-4-11-20)21-12-5-2-6-13-21;/h1-6,10-17H,7-9,18H2;1H. The Labute approximate surface area is 171 Å². The molecule has 0 bridgehead atoms. The van der Waals surface area contributed by atoms with Gasteiger partial charge in [-0.05, 0) is 48.7 Å². The van der Waals surface area contributed by atoms with Gasteiger partial charge in [0.05, 0.1) is 0 Å². The molecule has 0 atom stereocenters. The Bertz CT molecular complexity index is 687. The Morgan fingerprint density at radius 1 is 0.600 bits per heavy atom. The zero-order valence-electron chi connectivity index (χ0n) is 14.1. The van der Waals surface area contributed by atoms with Crippen molar-refractivity contribution in [3.8, 4) is 0 Å². The molecule has 0 nitrogen and oxygen atoms in total. The third-order valence-corrected chi connectivity index (χ3v) is 7.08. The van der Waals surface area contributed by atoms with Crippen LogP contribution in [0.4, 0.5) is 0 Å². The molecular formula is C22H23Br2P. The number of rotatable bonds is 7. The zero-order chi connectivity index (χ0) is 16.6. The van der Waals surface area contributed by atoms with Crippen molar-refractivity contribution in [1.82, 2.24) is 0 Å². The first kappa shape index (κ1) is 20.4. The minimum atomic E-state index is -0.482. The van der Waals surface area contributed by atoms with Gasteiger partial charge in [-0.25, -0.2) is 0 Å². The van der Waals surface area contributed by atoms with Crippen LogP contribution in [0, 0.1) is 0 Å². The van der Waals surface area contributed by atoms with Crippen molar-refractivity contribution in [2.75, 3.05) is 5.33 Å². The maximum Gasteiger partial charge on any atom is 0.00314 e. The second kappa shape index (κ2) is 10.9. The van der Waals surface area contributed by atoms with Gasteiger partial charge in [-0.2, -0.15) is 0 Å². The molecule has 0 amide bonds. The summed E-state index contributed by atoms with van der Waals surface area (Å²) in [5, 5.41) is 5.33. The number of alkyl halides is 1. The first-order valence-electron chi connectivity index (χ1n) is 8.43. The van der Waals surface area contributed by atoms with Gasteiger partial charge in [-0.3, -0.25) is 0 Å². The molecule has 0 saturated carbocycles. The summed E-state index contributed by atoms with van der Waals surface area (Å²) in [5.74, 6) is 0. The molecule has 0 saturated heterocycles. The molecule has 0 aliphatic rings. The zero-order valence-corrected chi connectivity index (χ0v) is 18.3. The van der Waals surface area contributed by atoms with Gasteiger partial charge in [0.15, 0.2) is 0 Å². The predicted octanol–water partition coefficient (Wildman–Crippen LogP) is 5.74. The van der Waals surface area contributed by atoms with Crippen LogP contribution in [0.15, 0.2) is 84.9 Å². The minimum Gasteiger partial charge on any atom is -0.114 e. The lowest BCUT2D eigenvalue weighted by molar-refractivity contribution is 0.806. The van der Waals surface area contributed by atoms with Crippen molar-refractivity contribution >= 4 is 56.7 Å². The summed E-state index contributed by atoms with van der Waals surface area (Å²) in [5.41, 5.74) is 1.44. The largest absolute Gasteiger partial charge is 0.114 e. The number of benzene rings is 3. The monoisotopic (exact) mass is 476 g/mol. The van der Waals surface area contributed by atoms with E-state index < -0.39 is 7.92 Å². The third-order valence-electron chi connectivity index (χ3n) is 4.07. The van der Waals surface area contributed by atoms with Gasteiger partial charge >= 0.3 is 0 Å². The van der Waals surface area contributed by atoms with Crippen molar-refractivity contribution < 1.29 is 0 Å². The van der Waals surface area contributed by atoms with E-state index in [1.807, 2.05) is 0 Å². The fourth-order valence-electron chi connectivity index (χ4n) is 2.84. The van der Waals surface area contributed by atoms with Crippen molar-refractivity contribution in [1.29, 1.82) is 0 Å². The van der Waals surface area contributed by atoms with Crippen LogP contribution >= 0.6 is 40.8 Å². The summed E-state index contributed by atoms with van der Waals surface area (Å²) in [6, 6.07) is 31.0. The molecule has 0 N–H and O–H groups in total. The highest BCUT2D eigenvalue weighted by Gasteiger charge is 2.15. The van der Waals surface area contributed by atoms with E-state index in [0.29, 0.717) is 0 Å². The molecule has 0 radical (unpaired) electrons. The lowest BCUT2D eigenvalue weighted by Gasteiger charge is -2.19. The predicted molar refractivity (Wildman–Crippen MR) is 122 cm³/mol. The van der Waals surface area contributed by atoms with Gasteiger partial charge in [-0.1, -0.05) is 101 Å². The van der Waals surface area contributed by atoms with Crippen LogP contribution in [0.5, 0.6) is 0 Å². The summed E-state index contributed by atoms with van der Waals surface area (Å²) < 4.78 is 0. The van der Waals surface area contributed by atoms with Crippen LogP contribution in [0.25, 0.3) is 0 Å². The molecule has 3 aromatic carbocycles. The topological polar surface area (TPSA) is 0 Å². The Balaban J connectivity index is 0.00000225. The number of hydrogen-bond donors (Lipinski definition) is 0. The maximum absolute atomic E-state index is 3.51. The van der Waals surface area contributed by atoms with E-state index in [2.05, 4.69) is 101 Å².